The summed E-state index contributed by atoms with van der Waals surface area (Å²) >= 11 is 6.18. The molecule has 1 saturated carbocycles. The molecule has 0 saturated heterocycles. The highest BCUT2D eigenvalue weighted by Gasteiger charge is 2.24. The number of benzene rings is 1. The summed E-state index contributed by atoms with van der Waals surface area (Å²) in [5.74, 6) is -4.97. The van der Waals surface area contributed by atoms with Crippen molar-refractivity contribution in [3.63, 3.8) is 0 Å². The number of hydrogen-bond acceptors (Lipinski definition) is 1. The smallest absolute Gasteiger partial charge is 0.251 e. The van der Waals surface area contributed by atoms with Gasteiger partial charge in [0.1, 0.15) is 0 Å². The topological polar surface area (TPSA) is 29.1 Å². The van der Waals surface area contributed by atoms with Crippen LogP contribution in [0.4, 0.5) is 13.2 Å². The van der Waals surface area contributed by atoms with Gasteiger partial charge in [0.25, 0.3) is 5.91 Å². The molecular formula is C14H15ClF3NO. The summed E-state index contributed by atoms with van der Waals surface area (Å²) < 4.78 is 39.0. The Morgan fingerprint density at radius 3 is 2.35 bits per heavy atom. The zero-order valence-electron chi connectivity index (χ0n) is 10.8. The summed E-state index contributed by atoms with van der Waals surface area (Å²) in [7, 11) is 0. The molecule has 2 unspecified atom stereocenters. The lowest BCUT2D eigenvalue weighted by Crippen LogP contribution is -2.40. The van der Waals surface area contributed by atoms with Gasteiger partial charge in [0.05, 0.1) is 5.38 Å². The van der Waals surface area contributed by atoms with Gasteiger partial charge in [-0.25, -0.2) is 13.2 Å². The van der Waals surface area contributed by atoms with Crippen molar-refractivity contribution >= 4 is 17.5 Å². The molecule has 1 N–H and O–H groups in total. The third-order valence-electron chi connectivity index (χ3n) is 3.49. The molecule has 0 aromatic heterocycles. The van der Waals surface area contributed by atoms with Crippen molar-refractivity contribution in [2.24, 2.45) is 0 Å². The predicted octanol–water partition coefficient (Wildman–Crippen LogP) is 3.77. The highest BCUT2D eigenvalue weighted by molar-refractivity contribution is 6.21. The Kier molecular flexibility index (Phi) is 4.91. The van der Waals surface area contributed by atoms with Gasteiger partial charge in [-0.05, 0) is 25.0 Å². The third kappa shape index (κ3) is 3.45. The molecule has 6 heteroatoms. The molecular weight excluding hydrogens is 291 g/mol. The minimum absolute atomic E-state index is 0.198. The van der Waals surface area contributed by atoms with Crippen LogP contribution in [0.5, 0.6) is 0 Å². The summed E-state index contributed by atoms with van der Waals surface area (Å²) in [6.45, 7) is 0. The van der Waals surface area contributed by atoms with E-state index in [1.807, 2.05) is 0 Å². The zero-order valence-corrected chi connectivity index (χ0v) is 11.5. The minimum Gasteiger partial charge on any atom is -0.348 e. The van der Waals surface area contributed by atoms with Crippen LogP contribution in [0.2, 0.25) is 0 Å². The molecule has 1 aromatic rings. The van der Waals surface area contributed by atoms with Crippen molar-refractivity contribution in [3.05, 3.63) is 35.1 Å². The van der Waals surface area contributed by atoms with Crippen LogP contribution in [-0.4, -0.2) is 17.3 Å². The predicted molar refractivity (Wildman–Crippen MR) is 70.3 cm³/mol. The Morgan fingerprint density at radius 2 is 1.70 bits per heavy atom. The molecule has 1 aliphatic rings. The summed E-state index contributed by atoms with van der Waals surface area (Å²) in [6.07, 6.45) is 4.51. The van der Waals surface area contributed by atoms with Gasteiger partial charge in [0, 0.05) is 11.6 Å². The van der Waals surface area contributed by atoms with Crippen LogP contribution in [0.3, 0.4) is 0 Å². The van der Waals surface area contributed by atoms with E-state index in [0.29, 0.717) is 12.1 Å². The Hall–Kier alpha value is -1.23. The van der Waals surface area contributed by atoms with Gasteiger partial charge < -0.3 is 5.32 Å². The van der Waals surface area contributed by atoms with Crippen LogP contribution in [0.1, 0.15) is 42.5 Å². The maximum Gasteiger partial charge on any atom is 0.251 e. The Morgan fingerprint density at radius 1 is 1.10 bits per heavy atom. The number of nitrogens with one attached hydrogen (secondary N) is 1. The maximum absolute atomic E-state index is 13.1. The quantitative estimate of drug-likeness (QED) is 0.503. The summed E-state index contributed by atoms with van der Waals surface area (Å²) in [5.41, 5.74) is -0.241. The molecule has 20 heavy (non-hydrogen) atoms. The monoisotopic (exact) mass is 305 g/mol. The third-order valence-corrected chi connectivity index (χ3v) is 4.02. The number of amides is 1. The lowest BCUT2D eigenvalue weighted by atomic mass is 10.1. The van der Waals surface area contributed by atoms with Crippen LogP contribution in [0, 0.1) is 17.5 Å². The van der Waals surface area contributed by atoms with E-state index < -0.39 is 23.4 Å². The van der Waals surface area contributed by atoms with Crippen LogP contribution in [0.25, 0.3) is 0 Å². The first kappa shape index (κ1) is 15.2. The lowest BCUT2D eigenvalue weighted by molar-refractivity contribution is 0.0933. The summed E-state index contributed by atoms with van der Waals surface area (Å²) in [4.78, 5) is 12.0. The lowest BCUT2D eigenvalue weighted by Gasteiger charge is -2.21. The van der Waals surface area contributed by atoms with Gasteiger partial charge in [0.15, 0.2) is 17.5 Å². The number of hydrogen-bond donors (Lipinski definition) is 1. The van der Waals surface area contributed by atoms with E-state index in [-0.39, 0.29) is 17.0 Å². The number of carbonyl (C=O) groups excluding carboxylic acids is 1. The molecule has 2 nitrogen and oxygen atoms in total. The van der Waals surface area contributed by atoms with E-state index in [0.717, 1.165) is 32.1 Å². The highest BCUT2D eigenvalue weighted by Crippen LogP contribution is 2.23. The van der Waals surface area contributed by atoms with Crippen molar-refractivity contribution in [1.82, 2.24) is 5.32 Å². The number of halogens is 4. The van der Waals surface area contributed by atoms with Gasteiger partial charge >= 0.3 is 0 Å². The van der Waals surface area contributed by atoms with Crippen molar-refractivity contribution in [3.8, 4) is 0 Å². The van der Waals surface area contributed by atoms with Crippen molar-refractivity contribution in [2.45, 2.75) is 43.5 Å². The average Bonchev–Trinajstić information content (AvgIpc) is 2.61. The standard InChI is InChI=1S/C14H15ClF3NO/c15-9-4-2-1-3-5-12(9)19-14(20)8-6-10(16)13(18)11(17)7-8/h6-7,9,12H,1-5H2,(H,19,20). The van der Waals surface area contributed by atoms with E-state index in [9.17, 15) is 18.0 Å². The number of carbonyl (C=O) groups is 1. The molecule has 0 heterocycles. The summed E-state index contributed by atoms with van der Waals surface area (Å²) in [5, 5.41) is 2.47. The van der Waals surface area contributed by atoms with Gasteiger partial charge in [0.2, 0.25) is 0 Å². The SMILES string of the molecule is O=C(NC1CCCCCC1Cl)c1cc(F)c(F)c(F)c1. The van der Waals surface area contributed by atoms with Gasteiger partial charge in [-0.3, -0.25) is 4.79 Å². The largest absolute Gasteiger partial charge is 0.348 e. The fraction of sp³-hybridized carbons (Fsp3) is 0.500. The number of rotatable bonds is 2. The first-order valence-electron chi connectivity index (χ1n) is 6.58. The van der Waals surface area contributed by atoms with E-state index in [1.165, 1.54) is 0 Å². The van der Waals surface area contributed by atoms with Crippen LogP contribution >= 0.6 is 11.6 Å². The molecule has 0 radical (unpaired) electrons. The molecule has 0 spiro atoms. The Bertz CT molecular complexity index is 486. The molecule has 1 amide bonds. The molecule has 1 aromatic carbocycles. The van der Waals surface area contributed by atoms with E-state index in [4.69, 9.17) is 11.6 Å². The van der Waals surface area contributed by atoms with Crippen molar-refractivity contribution in [1.29, 1.82) is 0 Å². The summed E-state index contributed by atoms with van der Waals surface area (Å²) in [6, 6.07) is 1.14. The molecule has 1 fully saturated rings. The Balaban J connectivity index is 2.11. The van der Waals surface area contributed by atoms with E-state index in [1.54, 1.807) is 0 Å². The highest BCUT2D eigenvalue weighted by atomic mass is 35.5. The van der Waals surface area contributed by atoms with Crippen LogP contribution < -0.4 is 5.32 Å². The first-order chi connectivity index (χ1) is 9.49. The fourth-order valence-corrected chi connectivity index (χ4v) is 2.71. The van der Waals surface area contributed by atoms with E-state index in [2.05, 4.69) is 5.32 Å². The van der Waals surface area contributed by atoms with Crippen molar-refractivity contribution < 1.29 is 18.0 Å². The first-order valence-corrected chi connectivity index (χ1v) is 7.02. The maximum atomic E-state index is 13.1. The molecule has 110 valence electrons. The molecule has 0 aliphatic heterocycles. The average molecular weight is 306 g/mol. The van der Waals surface area contributed by atoms with E-state index >= 15 is 0 Å². The zero-order chi connectivity index (χ0) is 14.7. The van der Waals surface area contributed by atoms with Crippen LogP contribution in [-0.2, 0) is 0 Å². The minimum atomic E-state index is -1.58. The normalized spacial score (nSPS) is 23.2. The second kappa shape index (κ2) is 6.48. The number of alkyl halides is 1. The second-order valence-corrected chi connectivity index (χ2v) is 5.55. The fourth-order valence-electron chi connectivity index (χ4n) is 2.36. The van der Waals surface area contributed by atoms with Gasteiger partial charge in [-0.2, -0.15) is 0 Å². The van der Waals surface area contributed by atoms with Crippen molar-refractivity contribution in [2.75, 3.05) is 0 Å². The molecule has 2 atom stereocenters. The molecule has 1 aliphatic carbocycles. The second-order valence-electron chi connectivity index (χ2n) is 4.99. The molecule has 2 rings (SSSR count). The van der Waals surface area contributed by atoms with Gasteiger partial charge in [-0.1, -0.05) is 19.3 Å². The Labute approximate surface area is 120 Å². The van der Waals surface area contributed by atoms with Crippen LogP contribution in [0.15, 0.2) is 12.1 Å². The molecule has 0 bridgehead atoms. The van der Waals surface area contributed by atoms with Gasteiger partial charge in [-0.15, -0.1) is 11.6 Å².